The molecule has 0 saturated carbocycles. The number of hydrogen-bond acceptors (Lipinski definition) is 9. The van der Waals surface area contributed by atoms with Gasteiger partial charge >= 0.3 is 23.5 Å². The number of carbonyl (C=O) groups is 4. The van der Waals surface area contributed by atoms with Crippen LogP contribution < -0.4 is 4.74 Å². The van der Waals surface area contributed by atoms with E-state index in [4.69, 9.17) is 0 Å². The third-order valence-electron chi connectivity index (χ3n) is 3.62. The molecule has 170 valence electrons. The zero-order valence-electron chi connectivity index (χ0n) is 15.7. The van der Waals surface area contributed by atoms with Crippen molar-refractivity contribution in [1.82, 2.24) is 0 Å². The molecule has 16 heteroatoms. The van der Waals surface area contributed by atoms with E-state index in [0.29, 0.717) is 14.2 Å². The summed E-state index contributed by atoms with van der Waals surface area (Å²) in [6.45, 7) is 0. The fraction of sp³-hybridized carbons (Fsp3) is 0.333. The molecule has 0 aliphatic heterocycles. The zero-order chi connectivity index (χ0) is 23.9. The first-order chi connectivity index (χ1) is 14.5. The van der Waals surface area contributed by atoms with E-state index in [2.05, 4.69) is 23.5 Å². The minimum atomic E-state index is -3.64. The minimum Gasteiger partial charge on any atom is -0.465 e. The topological polar surface area (TPSA) is 118 Å². The summed E-state index contributed by atoms with van der Waals surface area (Å²) >= 11 is 0. The quantitative estimate of drug-likeness (QED) is 0.165. The van der Waals surface area contributed by atoms with Crippen LogP contribution in [0.5, 0.6) is 5.75 Å². The van der Waals surface area contributed by atoms with E-state index in [0.717, 1.165) is 0 Å². The van der Waals surface area contributed by atoms with Gasteiger partial charge in [-0.05, 0) is 0 Å². The van der Waals surface area contributed by atoms with Crippen molar-refractivity contribution in [2.75, 3.05) is 14.2 Å². The summed E-state index contributed by atoms with van der Waals surface area (Å²) < 4.78 is 76.9. The lowest BCUT2D eigenvalue weighted by Gasteiger charge is -2.29. The summed E-state index contributed by atoms with van der Waals surface area (Å²) in [6.07, 6.45) is -0.856. The summed E-state index contributed by atoms with van der Waals surface area (Å²) in [5, 5.41) is 0. The average molecular weight is 505 g/mol. The molecule has 0 heterocycles. The molecule has 0 fully saturated rings. The van der Waals surface area contributed by atoms with Crippen molar-refractivity contribution in [2.45, 2.75) is 18.1 Å². The van der Waals surface area contributed by atoms with Crippen molar-refractivity contribution in [1.29, 1.82) is 0 Å². The first-order valence-corrected chi connectivity index (χ1v) is 10.7. The number of rotatable bonds is 9. The lowest BCUT2D eigenvalue weighted by atomic mass is 9.91. The van der Waals surface area contributed by atoms with Gasteiger partial charge in [0.1, 0.15) is 6.04 Å². The molecule has 0 aromatic heterocycles. The highest BCUT2D eigenvalue weighted by molar-refractivity contribution is 7.97. The third kappa shape index (κ3) is 5.53. The van der Waals surface area contributed by atoms with Gasteiger partial charge in [0.05, 0.1) is 30.1 Å². The molecule has 0 radical (unpaired) electrons. The second-order valence-corrected chi connectivity index (χ2v) is 6.76. The fourth-order valence-electron chi connectivity index (χ4n) is 2.21. The second kappa shape index (κ2) is 11.4. The van der Waals surface area contributed by atoms with E-state index in [9.17, 15) is 36.7 Å². The largest absolute Gasteiger partial charge is 0.465 e. The summed E-state index contributed by atoms with van der Waals surface area (Å²) in [5.41, 5.74) is -3.64. The Hall–Kier alpha value is -2.22. The number of halogens is 4. The molecular weight excluding hydrogens is 491 g/mol. The lowest BCUT2D eigenvalue weighted by molar-refractivity contribution is -0.180. The Balaban J connectivity index is 3.82. The van der Waals surface area contributed by atoms with Crippen LogP contribution in [0, 0.1) is 23.3 Å². The Labute approximate surface area is 178 Å². The zero-order valence-corrected chi connectivity index (χ0v) is 18.9. The maximum absolute atomic E-state index is 14.2. The van der Waals surface area contributed by atoms with E-state index < -0.39 is 70.8 Å². The highest BCUT2D eigenvalue weighted by Crippen LogP contribution is 2.33. The van der Waals surface area contributed by atoms with Gasteiger partial charge in [-0.1, -0.05) is 8.93 Å². The SMILES string of the molecule is COC(=O)C(Oc1c(F)c(F)cc(F)c1F)(C(=O)OC)C(=O)[C@H](CC(=O)OP)N=PP. The van der Waals surface area contributed by atoms with Gasteiger partial charge in [0.25, 0.3) is 0 Å². The Morgan fingerprint density at radius 1 is 1.06 bits per heavy atom. The molecule has 1 aromatic rings. The van der Waals surface area contributed by atoms with Crippen LogP contribution in [0.3, 0.4) is 0 Å². The van der Waals surface area contributed by atoms with Crippen molar-refractivity contribution in [3.63, 3.8) is 0 Å². The lowest BCUT2D eigenvalue weighted by Crippen LogP contribution is -2.62. The van der Waals surface area contributed by atoms with Gasteiger partial charge in [0.2, 0.25) is 17.4 Å². The van der Waals surface area contributed by atoms with Crippen LogP contribution >= 0.6 is 26.5 Å². The summed E-state index contributed by atoms with van der Waals surface area (Å²) in [5.74, 6) is -16.6. The Morgan fingerprint density at radius 2 is 1.55 bits per heavy atom. The van der Waals surface area contributed by atoms with Crippen LogP contribution in [0.4, 0.5) is 17.6 Å². The average Bonchev–Trinajstić information content (AvgIpc) is 2.76. The molecule has 31 heavy (non-hydrogen) atoms. The van der Waals surface area contributed by atoms with Gasteiger partial charge in [-0.25, -0.2) is 18.4 Å². The molecule has 0 spiro atoms. The molecule has 1 aromatic carbocycles. The molecule has 3 atom stereocenters. The van der Waals surface area contributed by atoms with E-state index in [-0.39, 0.29) is 14.1 Å². The molecule has 0 bridgehead atoms. The summed E-state index contributed by atoms with van der Waals surface area (Å²) in [7, 11) is 5.00. The normalized spacial score (nSPS) is 12.3. The van der Waals surface area contributed by atoms with Crippen molar-refractivity contribution in [3.8, 4) is 5.75 Å². The smallest absolute Gasteiger partial charge is 0.370 e. The fourth-order valence-corrected chi connectivity index (χ4v) is 3.13. The molecule has 2 unspecified atom stereocenters. The van der Waals surface area contributed by atoms with Crippen LogP contribution in [0.25, 0.3) is 0 Å². The minimum absolute atomic E-state index is 0.0390. The molecular formula is C15H14F4NO8P3. The highest BCUT2D eigenvalue weighted by atomic mass is 32.0. The predicted molar refractivity (Wildman–Crippen MR) is 102 cm³/mol. The van der Waals surface area contributed by atoms with Crippen molar-refractivity contribution in [2.24, 2.45) is 4.74 Å². The molecule has 0 saturated heterocycles. The van der Waals surface area contributed by atoms with Crippen LogP contribution in [0.2, 0.25) is 0 Å². The maximum atomic E-state index is 14.2. The van der Waals surface area contributed by atoms with Gasteiger partial charge in [0.15, 0.2) is 17.4 Å². The summed E-state index contributed by atoms with van der Waals surface area (Å²) in [4.78, 5) is 49.7. The number of hydrogen-bond donors (Lipinski definition) is 0. The molecule has 1 rings (SSSR count). The number of methoxy groups -OCH3 is 2. The van der Waals surface area contributed by atoms with Gasteiger partial charge in [0, 0.05) is 14.1 Å². The second-order valence-electron chi connectivity index (χ2n) is 5.37. The Bertz CT molecular complexity index is 888. The number of ketones is 1. The van der Waals surface area contributed by atoms with Gasteiger partial charge < -0.3 is 18.7 Å². The van der Waals surface area contributed by atoms with E-state index in [1.54, 1.807) is 9.47 Å². The van der Waals surface area contributed by atoms with Gasteiger partial charge in [-0.3, -0.25) is 14.3 Å². The maximum Gasteiger partial charge on any atom is 0.370 e. The van der Waals surface area contributed by atoms with E-state index in [1.165, 1.54) is 0 Å². The first kappa shape index (κ1) is 26.8. The third-order valence-corrected chi connectivity index (χ3v) is 4.69. The standard InChI is InChI=1S/C15H14F4NO8P3/c1-25-13(23)15(14(24)26-2,12(22)7(20-31-30)4-8(21)28-29)27-11-9(18)5(16)3-6(17)10(11)19/h3,7H,4,29-30H2,1-2H3/t7-/m0/s1. The van der Waals surface area contributed by atoms with Crippen LogP contribution in [-0.4, -0.2) is 49.6 Å². The molecule has 0 N–H and O–H groups in total. The predicted octanol–water partition coefficient (Wildman–Crippen LogP) is 2.29. The number of carbonyl (C=O) groups excluding carboxylic acids is 4. The van der Waals surface area contributed by atoms with Crippen LogP contribution in [0.1, 0.15) is 6.42 Å². The number of benzene rings is 1. The Kier molecular flexibility index (Phi) is 9.87. The highest BCUT2D eigenvalue weighted by Gasteiger charge is 2.61. The van der Waals surface area contributed by atoms with Crippen molar-refractivity contribution in [3.05, 3.63) is 29.3 Å². The van der Waals surface area contributed by atoms with Gasteiger partial charge in [-0.2, -0.15) is 8.78 Å². The van der Waals surface area contributed by atoms with E-state index >= 15 is 0 Å². The molecule has 0 amide bonds. The molecule has 0 aliphatic rings. The number of esters is 2. The van der Waals surface area contributed by atoms with Crippen molar-refractivity contribution < 1.29 is 55.5 Å². The first-order valence-electron chi connectivity index (χ1n) is 7.74. The van der Waals surface area contributed by atoms with Crippen molar-refractivity contribution >= 4 is 50.1 Å². The van der Waals surface area contributed by atoms with Gasteiger partial charge in [-0.15, -0.1) is 0 Å². The number of ether oxygens (including phenoxy) is 3. The number of Topliss-reactive ketones (excluding diaryl/α,β-unsaturated/α-hetero) is 1. The Morgan fingerprint density at radius 3 is 1.94 bits per heavy atom. The number of nitrogens with zero attached hydrogens (tertiary/aromatic N) is 1. The van der Waals surface area contributed by atoms with Crippen LogP contribution in [-0.2, 0) is 33.2 Å². The van der Waals surface area contributed by atoms with Crippen LogP contribution in [0.15, 0.2) is 10.8 Å². The summed E-state index contributed by atoms with van der Waals surface area (Å²) in [6, 6.07) is -2.03. The molecule has 0 aliphatic carbocycles. The molecule has 9 nitrogen and oxygen atoms in total. The van der Waals surface area contributed by atoms with E-state index in [1.807, 2.05) is 8.93 Å². The monoisotopic (exact) mass is 505 g/mol.